The fourth-order valence-corrected chi connectivity index (χ4v) is 3.06. The van der Waals surface area contributed by atoms with Crippen molar-refractivity contribution in [3.8, 4) is 5.75 Å². The van der Waals surface area contributed by atoms with Gasteiger partial charge >= 0.3 is 0 Å². The fraction of sp³-hybridized carbons (Fsp3) is 0.417. The lowest BCUT2D eigenvalue weighted by Crippen LogP contribution is -2.38. The van der Waals surface area contributed by atoms with E-state index in [1.54, 1.807) is 7.05 Å². The molecule has 0 spiro atoms. The average molecular weight is 536 g/mol. The maximum absolute atomic E-state index is 11.8. The SMILES string of the molecule is CN=C(NCc1cccc(OCC(=O)NC2CC2)c1)NCC(C)c1ccc(C)cc1.I. The van der Waals surface area contributed by atoms with Crippen molar-refractivity contribution in [3.05, 3.63) is 65.2 Å². The quantitative estimate of drug-likeness (QED) is 0.260. The molecule has 6 nitrogen and oxygen atoms in total. The molecule has 1 unspecified atom stereocenters. The van der Waals surface area contributed by atoms with E-state index in [9.17, 15) is 4.79 Å². The molecule has 0 bridgehead atoms. The van der Waals surface area contributed by atoms with Crippen LogP contribution >= 0.6 is 24.0 Å². The van der Waals surface area contributed by atoms with Gasteiger partial charge in [-0.2, -0.15) is 0 Å². The van der Waals surface area contributed by atoms with Crippen LogP contribution in [0, 0.1) is 6.92 Å². The fourth-order valence-electron chi connectivity index (χ4n) is 3.06. The third kappa shape index (κ3) is 8.77. The summed E-state index contributed by atoms with van der Waals surface area (Å²) in [6, 6.07) is 16.7. The van der Waals surface area contributed by atoms with Crippen molar-refractivity contribution in [3.63, 3.8) is 0 Å². The van der Waals surface area contributed by atoms with Gasteiger partial charge in [0.1, 0.15) is 5.75 Å². The first-order valence-corrected chi connectivity index (χ1v) is 10.6. The number of carbonyl (C=O) groups is 1. The molecule has 0 radical (unpaired) electrons. The molecule has 31 heavy (non-hydrogen) atoms. The smallest absolute Gasteiger partial charge is 0.258 e. The number of rotatable bonds is 9. The zero-order chi connectivity index (χ0) is 21.3. The number of hydrogen-bond acceptors (Lipinski definition) is 3. The number of aryl methyl sites for hydroxylation is 1. The summed E-state index contributed by atoms with van der Waals surface area (Å²) in [5.41, 5.74) is 3.63. The van der Waals surface area contributed by atoms with Crippen LogP contribution in [0.2, 0.25) is 0 Å². The van der Waals surface area contributed by atoms with Crippen LogP contribution < -0.4 is 20.7 Å². The van der Waals surface area contributed by atoms with Gasteiger partial charge < -0.3 is 20.7 Å². The summed E-state index contributed by atoms with van der Waals surface area (Å²) in [6.45, 7) is 5.76. The van der Waals surface area contributed by atoms with Gasteiger partial charge in [-0.25, -0.2) is 0 Å². The van der Waals surface area contributed by atoms with E-state index in [-0.39, 0.29) is 36.5 Å². The van der Waals surface area contributed by atoms with Crippen molar-refractivity contribution in [1.82, 2.24) is 16.0 Å². The van der Waals surface area contributed by atoms with Crippen molar-refractivity contribution in [2.45, 2.75) is 45.2 Å². The summed E-state index contributed by atoms with van der Waals surface area (Å²) in [4.78, 5) is 16.1. The normalized spacial score (nSPS) is 14.2. The van der Waals surface area contributed by atoms with E-state index in [0.717, 1.165) is 30.9 Å². The number of carbonyl (C=O) groups excluding carboxylic acids is 1. The molecule has 1 aliphatic carbocycles. The predicted molar refractivity (Wildman–Crippen MR) is 136 cm³/mol. The summed E-state index contributed by atoms with van der Waals surface area (Å²) in [5.74, 6) is 1.76. The lowest BCUT2D eigenvalue weighted by molar-refractivity contribution is -0.123. The Hall–Kier alpha value is -2.29. The molecule has 3 rings (SSSR count). The van der Waals surface area contributed by atoms with Gasteiger partial charge in [0.15, 0.2) is 12.6 Å². The Kier molecular flexibility index (Phi) is 10.1. The van der Waals surface area contributed by atoms with Gasteiger partial charge in [-0.15, -0.1) is 24.0 Å². The van der Waals surface area contributed by atoms with Crippen LogP contribution in [0.25, 0.3) is 0 Å². The third-order valence-electron chi connectivity index (χ3n) is 5.12. The van der Waals surface area contributed by atoms with Gasteiger partial charge in [-0.3, -0.25) is 9.79 Å². The molecule has 1 fully saturated rings. The third-order valence-corrected chi connectivity index (χ3v) is 5.12. The lowest BCUT2D eigenvalue weighted by atomic mass is 10.0. The van der Waals surface area contributed by atoms with Gasteiger partial charge in [-0.05, 0) is 48.9 Å². The molecule has 1 atom stereocenters. The highest BCUT2D eigenvalue weighted by atomic mass is 127. The minimum atomic E-state index is -0.0617. The van der Waals surface area contributed by atoms with Crippen LogP contribution in [0.4, 0.5) is 0 Å². The van der Waals surface area contributed by atoms with Crippen molar-refractivity contribution >= 4 is 35.8 Å². The molecule has 0 aliphatic heterocycles. The van der Waals surface area contributed by atoms with Crippen molar-refractivity contribution in [2.75, 3.05) is 20.2 Å². The van der Waals surface area contributed by atoms with E-state index in [0.29, 0.717) is 24.3 Å². The highest BCUT2D eigenvalue weighted by Gasteiger charge is 2.23. The number of nitrogens with one attached hydrogen (secondary N) is 3. The second-order valence-electron chi connectivity index (χ2n) is 7.90. The number of aliphatic imine (C=N–C) groups is 1. The minimum absolute atomic E-state index is 0. The lowest BCUT2D eigenvalue weighted by Gasteiger charge is -2.17. The summed E-state index contributed by atoms with van der Waals surface area (Å²) < 4.78 is 5.62. The number of hydrogen-bond donors (Lipinski definition) is 3. The van der Waals surface area contributed by atoms with Crippen molar-refractivity contribution in [1.29, 1.82) is 0 Å². The first-order chi connectivity index (χ1) is 14.5. The monoisotopic (exact) mass is 536 g/mol. The van der Waals surface area contributed by atoms with E-state index in [2.05, 4.69) is 59.1 Å². The Labute approximate surface area is 202 Å². The Balaban J connectivity index is 0.00000341. The summed E-state index contributed by atoms with van der Waals surface area (Å²) in [6.07, 6.45) is 2.15. The van der Waals surface area contributed by atoms with E-state index >= 15 is 0 Å². The molecule has 3 N–H and O–H groups in total. The molecule has 2 aromatic carbocycles. The molecule has 7 heteroatoms. The van der Waals surface area contributed by atoms with Crippen LogP contribution in [0.15, 0.2) is 53.5 Å². The standard InChI is InChI=1S/C24H32N4O2.HI/c1-17-7-9-20(10-8-17)18(2)14-26-24(25-3)27-15-19-5-4-6-22(13-19)30-16-23(29)28-21-11-12-21;/h4-10,13,18,21H,11-12,14-16H2,1-3H3,(H,28,29)(H2,25,26,27);1H. The number of guanidine groups is 1. The molecule has 168 valence electrons. The molecule has 0 aromatic heterocycles. The second kappa shape index (κ2) is 12.5. The first-order valence-electron chi connectivity index (χ1n) is 10.6. The topological polar surface area (TPSA) is 74.8 Å². The number of ether oxygens (including phenoxy) is 1. The van der Waals surface area contributed by atoms with Crippen LogP contribution in [0.5, 0.6) is 5.75 Å². The largest absolute Gasteiger partial charge is 0.484 e. The van der Waals surface area contributed by atoms with E-state index in [1.165, 1.54) is 11.1 Å². The summed E-state index contributed by atoms with van der Waals surface area (Å²) >= 11 is 0. The highest BCUT2D eigenvalue weighted by Crippen LogP contribution is 2.19. The van der Waals surface area contributed by atoms with Gasteiger partial charge in [-0.1, -0.05) is 48.9 Å². The molecule has 2 aromatic rings. The minimum Gasteiger partial charge on any atom is -0.484 e. The van der Waals surface area contributed by atoms with Crippen molar-refractivity contribution in [2.24, 2.45) is 4.99 Å². The van der Waals surface area contributed by atoms with Gasteiger partial charge in [0.05, 0.1) is 0 Å². The highest BCUT2D eigenvalue weighted by molar-refractivity contribution is 14.0. The molecule has 0 saturated heterocycles. The second-order valence-corrected chi connectivity index (χ2v) is 7.90. The molecule has 0 heterocycles. The number of amides is 1. The molecular formula is C24H33IN4O2. The van der Waals surface area contributed by atoms with Crippen LogP contribution in [-0.4, -0.2) is 38.1 Å². The van der Waals surface area contributed by atoms with Crippen molar-refractivity contribution < 1.29 is 9.53 Å². The van der Waals surface area contributed by atoms with E-state index in [1.807, 2.05) is 24.3 Å². The van der Waals surface area contributed by atoms with Crippen LogP contribution in [-0.2, 0) is 11.3 Å². The van der Waals surface area contributed by atoms with Crippen LogP contribution in [0.3, 0.4) is 0 Å². The van der Waals surface area contributed by atoms with Gasteiger partial charge in [0.2, 0.25) is 0 Å². The Morgan fingerprint density at radius 2 is 1.90 bits per heavy atom. The number of halogens is 1. The summed E-state index contributed by atoms with van der Waals surface area (Å²) in [7, 11) is 1.77. The Morgan fingerprint density at radius 1 is 1.16 bits per heavy atom. The van der Waals surface area contributed by atoms with E-state index in [4.69, 9.17) is 4.74 Å². The van der Waals surface area contributed by atoms with Gasteiger partial charge in [0.25, 0.3) is 5.91 Å². The molecule has 1 aliphatic rings. The number of benzene rings is 2. The maximum Gasteiger partial charge on any atom is 0.258 e. The molecule has 1 saturated carbocycles. The Bertz CT molecular complexity index is 866. The average Bonchev–Trinajstić information content (AvgIpc) is 3.57. The molecule has 1 amide bonds. The maximum atomic E-state index is 11.8. The van der Waals surface area contributed by atoms with E-state index < -0.39 is 0 Å². The van der Waals surface area contributed by atoms with Crippen LogP contribution in [0.1, 0.15) is 42.4 Å². The first kappa shape index (κ1) is 25.0. The zero-order valence-electron chi connectivity index (χ0n) is 18.5. The summed E-state index contributed by atoms with van der Waals surface area (Å²) in [5, 5.41) is 9.64. The molecular weight excluding hydrogens is 503 g/mol. The Morgan fingerprint density at radius 3 is 2.58 bits per heavy atom. The zero-order valence-corrected chi connectivity index (χ0v) is 20.8. The van der Waals surface area contributed by atoms with Gasteiger partial charge in [0, 0.05) is 26.2 Å². The number of nitrogens with zero attached hydrogens (tertiary/aromatic N) is 1. The predicted octanol–water partition coefficient (Wildman–Crippen LogP) is 3.74.